The summed E-state index contributed by atoms with van der Waals surface area (Å²) in [5.41, 5.74) is 0.488. The molecule has 0 bridgehead atoms. The number of allylic oxidation sites excluding steroid dienone is 1. The van der Waals surface area contributed by atoms with Gasteiger partial charge in [0.25, 0.3) is 0 Å². The number of alkyl halides is 1. The van der Waals surface area contributed by atoms with Gasteiger partial charge in [0, 0.05) is 8.07 Å². The van der Waals surface area contributed by atoms with Gasteiger partial charge in [0.15, 0.2) is 0 Å². The molecule has 2 atom stereocenters. The number of rotatable bonds is 2. The molecule has 13 heavy (non-hydrogen) atoms. The maximum absolute atomic E-state index is 6.32. The maximum Gasteiger partial charge on any atom is 0.123 e. The Hall–Kier alpha value is 1.12. The first-order valence-corrected chi connectivity index (χ1v) is 9.18. The Labute approximate surface area is 100 Å². The van der Waals surface area contributed by atoms with Gasteiger partial charge in [-0.1, -0.05) is 54.4 Å². The van der Waals surface area contributed by atoms with Crippen LogP contribution in [0, 0.1) is 0 Å². The molecule has 2 unspecified atom stereocenters. The van der Waals surface area contributed by atoms with E-state index in [2.05, 4.69) is 19.6 Å². The first-order valence-electron chi connectivity index (χ1n) is 4.10. The van der Waals surface area contributed by atoms with Crippen LogP contribution in [0.2, 0.25) is 25.2 Å². The van der Waals surface area contributed by atoms with Crippen molar-refractivity contribution < 1.29 is 0 Å². The molecule has 0 nitrogen and oxygen atoms in total. The van der Waals surface area contributed by atoms with E-state index in [1.807, 2.05) is 0 Å². The Morgan fingerprint density at radius 3 is 1.92 bits per heavy atom. The lowest BCUT2D eigenvalue weighted by Crippen LogP contribution is -2.24. The molecular formula is C8H12Cl4Si. The van der Waals surface area contributed by atoms with Crippen LogP contribution >= 0.6 is 46.4 Å². The van der Waals surface area contributed by atoms with Gasteiger partial charge in [-0.15, -0.1) is 11.6 Å². The fraction of sp³-hybridized carbons (Fsp3) is 0.750. The summed E-state index contributed by atoms with van der Waals surface area (Å²) in [4.78, 5) is -0.454. The van der Waals surface area contributed by atoms with Gasteiger partial charge < -0.3 is 0 Å². The fourth-order valence-corrected chi connectivity index (χ4v) is 6.18. The average molecular weight is 278 g/mol. The van der Waals surface area contributed by atoms with Crippen molar-refractivity contribution in [3.63, 3.8) is 0 Å². The minimum absolute atomic E-state index is 0.109. The van der Waals surface area contributed by atoms with Crippen LogP contribution in [0.4, 0.5) is 0 Å². The van der Waals surface area contributed by atoms with Crippen LogP contribution in [0.5, 0.6) is 0 Å². The third kappa shape index (κ3) is 2.38. The third-order valence-corrected chi connectivity index (χ3v) is 7.24. The van der Waals surface area contributed by atoms with Gasteiger partial charge in [-0.2, -0.15) is 0 Å². The summed E-state index contributed by atoms with van der Waals surface area (Å²) in [6.07, 6.45) is 0.909. The molecule has 0 radical (unpaired) electrons. The molecule has 0 spiro atoms. The summed E-state index contributed by atoms with van der Waals surface area (Å²) in [5, 5.41) is 0.421. The second-order valence-corrected chi connectivity index (χ2v) is 12.0. The van der Waals surface area contributed by atoms with Gasteiger partial charge in [-0.25, -0.2) is 0 Å². The molecule has 0 aromatic heterocycles. The van der Waals surface area contributed by atoms with E-state index in [-0.39, 0.29) is 4.49 Å². The van der Waals surface area contributed by atoms with Crippen LogP contribution in [0.15, 0.2) is 9.52 Å². The first-order chi connectivity index (χ1) is 5.69. The molecule has 0 amide bonds. The van der Waals surface area contributed by atoms with E-state index in [1.54, 1.807) is 0 Å². The highest BCUT2D eigenvalue weighted by atomic mass is 35.5. The molecule has 1 saturated carbocycles. The highest BCUT2D eigenvalue weighted by Gasteiger charge is 2.61. The summed E-state index contributed by atoms with van der Waals surface area (Å²) in [7, 11) is -1.24. The highest BCUT2D eigenvalue weighted by Crippen LogP contribution is 2.65. The lowest BCUT2D eigenvalue weighted by molar-refractivity contribution is 1.12. The zero-order chi connectivity index (χ0) is 10.4. The van der Waals surface area contributed by atoms with Crippen LogP contribution in [0.25, 0.3) is 0 Å². The summed E-state index contributed by atoms with van der Waals surface area (Å²) < 4.78 is 0.109. The zero-order valence-electron chi connectivity index (χ0n) is 7.80. The minimum atomic E-state index is -1.24. The molecule has 0 N–H and O–H groups in total. The average Bonchev–Trinajstić information content (AvgIpc) is 2.61. The first kappa shape index (κ1) is 12.2. The standard InChI is InChI=1S/C8H12Cl4Si/c1-13(2,3)5-4-8(5,12)6(9)7(10)11/h5H,4H2,1-3H3. The van der Waals surface area contributed by atoms with Crippen molar-refractivity contribution in [2.24, 2.45) is 0 Å². The van der Waals surface area contributed by atoms with E-state index in [4.69, 9.17) is 46.4 Å². The van der Waals surface area contributed by atoms with Crippen molar-refractivity contribution in [1.29, 1.82) is 0 Å². The molecule has 5 heteroatoms. The van der Waals surface area contributed by atoms with E-state index < -0.39 is 12.9 Å². The molecule has 0 aromatic carbocycles. The molecule has 1 aliphatic carbocycles. The Bertz CT molecular complexity index is 251. The minimum Gasteiger partial charge on any atom is -0.113 e. The largest absolute Gasteiger partial charge is 0.123 e. The molecule has 76 valence electrons. The van der Waals surface area contributed by atoms with Gasteiger partial charge in [0.05, 0.1) is 9.91 Å². The van der Waals surface area contributed by atoms with Gasteiger partial charge in [0.2, 0.25) is 0 Å². The Kier molecular flexibility index (Phi) is 3.38. The lowest BCUT2D eigenvalue weighted by Gasteiger charge is -2.18. The smallest absolute Gasteiger partial charge is 0.113 e. The quantitative estimate of drug-likeness (QED) is 0.494. The van der Waals surface area contributed by atoms with E-state index in [1.165, 1.54) is 0 Å². The van der Waals surface area contributed by atoms with Crippen LogP contribution < -0.4 is 0 Å². The van der Waals surface area contributed by atoms with Crippen molar-refractivity contribution in [3.8, 4) is 0 Å². The molecule has 0 heterocycles. The number of halogens is 4. The van der Waals surface area contributed by atoms with Crippen molar-refractivity contribution in [2.75, 3.05) is 0 Å². The van der Waals surface area contributed by atoms with Crippen LogP contribution in [0.1, 0.15) is 6.42 Å². The SMILES string of the molecule is C[Si](C)(C)C1CC1(Cl)C(Cl)=C(Cl)Cl. The Morgan fingerprint density at radius 2 is 1.69 bits per heavy atom. The van der Waals surface area contributed by atoms with Gasteiger partial charge >= 0.3 is 0 Å². The monoisotopic (exact) mass is 276 g/mol. The zero-order valence-corrected chi connectivity index (χ0v) is 11.8. The predicted molar refractivity (Wildman–Crippen MR) is 64.9 cm³/mol. The Balaban J connectivity index is 2.83. The maximum atomic E-state index is 6.32. The number of hydrogen-bond donors (Lipinski definition) is 0. The summed E-state index contributed by atoms with van der Waals surface area (Å²) in [6, 6.07) is 0. The summed E-state index contributed by atoms with van der Waals surface area (Å²) in [5.74, 6) is 0. The molecule has 0 saturated heterocycles. The normalized spacial score (nSPS) is 33.0. The van der Waals surface area contributed by atoms with Crippen LogP contribution in [-0.2, 0) is 0 Å². The van der Waals surface area contributed by atoms with Gasteiger partial charge in [0.1, 0.15) is 4.49 Å². The predicted octanol–water partition coefficient (Wildman–Crippen LogP) is 4.96. The molecule has 0 aromatic rings. The van der Waals surface area contributed by atoms with E-state index in [9.17, 15) is 0 Å². The van der Waals surface area contributed by atoms with Crippen molar-refractivity contribution in [1.82, 2.24) is 0 Å². The van der Waals surface area contributed by atoms with Crippen molar-refractivity contribution in [3.05, 3.63) is 9.52 Å². The number of hydrogen-bond acceptors (Lipinski definition) is 0. The molecule has 1 rings (SSSR count). The fourth-order valence-electron chi connectivity index (χ4n) is 1.63. The van der Waals surface area contributed by atoms with Gasteiger partial charge in [-0.3, -0.25) is 0 Å². The van der Waals surface area contributed by atoms with Gasteiger partial charge in [-0.05, 0) is 12.0 Å². The van der Waals surface area contributed by atoms with E-state index in [0.29, 0.717) is 10.6 Å². The van der Waals surface area contributed by atoms with E-state index in [0.717, 1.165) is 6.42 Å². The lowest BCUT2D eigenvalue weighted by atomic mass is 10.4. The molecule has 1 aliphatic rings. The van der Waals surface area contributed by atoms with Crippen molar-refractivity contribution in [2.45, 2.75) is 36.5 Å². The molecule has 0 aliphatic heterocycles. The third-order valence-electron chi connectivity index (χ3n) is 2.47. The molecular weight excluding hydrogens is 266 g/mol. The van der Waals surface area contributed by atoms with Crippen molar-refractivity contribution >= 4 is 54.5 Å². The van der Waals surface area contributed by atoms with E-state index >= 15 is 0 Å². The second-order valence-electron chi connectivity index (χ2n) is 4.56. The van der Waals surface area contributed by atoms with Crippen LogP contribution in [-0.4, -0.2) is 12.9 Å². The highest BCUT2D eigenvalue weighted by molar-refractivity contribution is 6.80. The Morgan fingerprint density at radius 1 is 1.23 bits per heavy atom. The topological polar surface area (TPSA) is 0 Å². The summed E-state index contributed by atoms with van der Waals surface area (Å²) >= 11 is 23.5. The summed E-state index contributed by atoms with van der Waals surface area (Å²) in [6.45, 7) is 6.82. The van der Waals surface area contributed by atoms with Crippen LogP contribution in [0.3, 0.4) is 0 Å². The second kappa shape index (κ2) is 3.60. The molecule has 1 fully saturated rings.